The maximum atomic E-state index is 9.71. The zero-order chi connectivity index (χ0) is 21.1. The molecule has 0 aliphatic rings. The van der Waals surface area contributed by atoms with Crippen LogP contribution in [0.15, 0.2) is 72.9 Å². The van der Waals surface area contributed by atoms with Gasteiger partial charge >= 0.3 is 0 Å². The monoisotopic (exact) mass is 451 g/mol. The molecule has 0 atom stereocenters. The zero-order valence-electron chi connectivity index (χ0n) is 15.3. The molecule has 0 unspecified atom stereocenters. The molecule has 30 heavy (non-hydrogen) atoms. The van der Waals surface area contributed by atoms with E-state index in [2.05, 4.69) is 16.0 Å². The van der Waals surface area contributed by atoms with Gasteiger partial charge in [-0.3, -0.25) is 0 Å². The Morgan fingerprint density at radius 3 is 2.27 bits per heavy atom. The Morgan fingerprint density at radius 1 is 0.833 bits per heavy atom. The van der Waals surface area contributed by atoms with E-state index in [0.717, 1.165) is 5.56 Å². The van der Waals surface area contributed by atoms with Crippen molar-refractivity contribution in [2.45, 2.75) is 0 Å². The highest BCUT2D eigenvalue weighted by Gasteiger charge is 2.19. The predicted molar refractivity (Wildman–Crippen MR) is 119 cm³/mol. The molecule has 0 spiro atoms. The quantitative estimate of drug-likeness (QED) is 0.323. The summed E-state index contributed by atoms with van der Waals surface area (Å²) in [4.78, 5) is 8.79. The van der Waals surface area contributed by atoms with E-state index < -0.39 is 0 Å². The second kappa shape index (κ2) is 8.73. The van der Waals surface area contributed by atoms with Crippen molar-refractivity contribution in [2.24, 2.45) is 0 Å². The molecule has 4 rings (SSSR count). The Hall–Kier alpha value is -3.10. The van der Waals surface area contributed by atoms with Gasteiger partial charge in [0, 0.05) is 33.4 Å². The first-order valence-corrected chi connectivity index (χ1v) is 9.94. The third-order valence-corrected chi connectivity index (χ3v) is 5.09. The van der Waals surface area contributed by atoms with Crippen molar-refractivity contribution in [3.8, 4) is 40.2 Å². The third kappa shape index (κ3) is 4.24. The van der Waals surface area contributed by atoms with Gasteiger partial charge in [0.05, 0.1) is 10.7 Å². The highest BCUT2D eigenvalue weighted by molar-refractivity contribution is 6.36. The number of nitriles is 1. The lowest BCUT2D eigenvalue weighted by Gasteiger charge is -2.14. The van der Waals surface area contributed by atoms with Gasteiger partial charge in [-0.05, 0) is 48.0 Å². The van der Waals surface area contributed by atoms with Crippen LogP contribution in [-0.4, -0.2) is 9.97 Å². The summed E-state index contributed by atoms with van der Waals surface area (Å²) in [7, 11) is 0. The summed E-state index contributed by atoms with van der Waals surface area (Å²) in [6.45, 7) is 0. The molecule has 0 aliphatic heterocycles. The normalized spacial score (nSPS) is 10.5. The van der Waals surface area contributed by atoms with Gasteiger partial charge in [-0.2, -0.15) is 5.26 Å². The number of hydrogen-bond acceptors (Lipinski definition) is 4. The van der Waals surface area contributed by atoms with E-state index in [-0.39, 0.29) is 11.4 Å². The summed E-state index contributed by atoms with van der Waals surface area (Å²) >= 11 is 18.6. The minimum atomic E-state index is 0.134. The van der Waals surface area contributed by atoms with Crippen LogP contribution in [0.3, 0.4) is 0 Å². The molecule has 7 heteroatoms. The summed E-state index contributed by atoms with van der Waals surface area (Å²) in [6, 6.07) is 21.5. The molecular formula is C23H12Cl3N3O. The Morgan fingerprint density at radius 2 is 1.60 bits per heavy atom. The van der Waals surface area contributed by atoms with Gasteiger partial charge < -0.3 is 4.74 Å². The molecule has 0 saturated heterocycles. The van der Waals surface area contributed by atoms with Crippen LogP contribution in [0.4, 0.5) is 0 Å². The minimum absolute atomic E-state index is 0.134. The van der Waals surface area contributed by atoms with Crippen LogP contribution in [0.2, 0.25) is 15.1 Å². The summed E-state index contributed by atoms with van der Waals surface area (Å²) in [5.41, 5.74) is 3.00. The summed E-state index contributed by atoms with van der Waals surface area (Å²) in [6.07, 6.45) is 1.60. The molecule has 2 aromatic heterocycles. The second-order valence-corrected chi connectivity index (χ2v) is 7.53. The topological polar surface area (TPSA) is 58.8 Å². The number of hydrogen-bond donors (Lipinski definition) is 0. The van der Waals surface area contributed by atoms with E-state index in [9.17, 15) is 5.26 Å². The van der Waals surface area contributed by atoms with Gasteiger partial charge in [-0.1, -0.05) is 53.0 Å². The molecule has 2 heterocycles. The first-order chi connectivity index (χ1) is 14.5. The number of halogens is 3. The number of nitrogens with zero attached hydrogens (tertiary/aromatic N) is 3. The van der Waals surface area contributed by atoms with E-state index in [1.807, 2.05) is 12.1 Å². The molecule has 0 bridgehead atoms. The fraction of sp³-hybridized carbons (Fsp3) is 0. The molecule has 2 aromatic carbocycles. The smallest absolute Gasteiger partial charge is 0.239 e. The number of pyridine rings is 2. The summed E-state index contributed by atoms with van der Waals surface area (Å²) < 4.78 is 5.80. The third-order valence-electron chi connectivity index (χ3n) is 4.29. The molecule has 0 amide bonds. The Balaban J connectivity index is 1.94. The molecule has 0 saturated carbocycles. The lowest BCUT2D eigenvalue weighted by Crippen LogP contribution is -1.99. The van der Waals surface area contributed by atoms with Crippen molar-refractivity contribution in [1.82, 2.24) is 9.97 Å². The van der Waals surface area contributed by atoms with E-state index in [4.69, 9.17) is 39.5 Å². The van der Waals surface area contributed by atoms with Crippen LogP contribution in [-0.2, 0) is 0 Å². The summed E-state index contributed by atoms with van der Waals surface area (Å²) in [5.74, 6) is 0.462. The molecule has 0 radical (unpaired) electrons. The fourth-order valence-corrected chi connectivity index (χ4v) is 3.52. The SMILES string of the molecule is N#Cc1cc(-c2ccc(Cl)cc2)c(-c2ccc(Cl)cc2Cl)nc1Oc1ccccn1. The van der Waals surface area contributed by atoms with Gasteiger partial charge in [-0.25, -0.2) is 9.97 Å². The number of benzene rings is 2. The largest absolute Gasteiger partial charge is 0.419 e. The standard InChI is InChI=1S/C23H12Cl3N3O/c24-16-6-4-14(5-7-16)19-11-15(13-27)23(30-21-3-1-2-10-28-21)29-22(19)18-9-8-17(25)12-20(18)26/h1-12H. The van der Waals surface area contributed by atoms with Crippen molar-refractivity contribution in [3.63, 3.8) is 0 Å². The molecule has 4 aromatic rings. The fourth-order valence-electron chi connectivity index (χ4n) is 2.90. The average Bonchev–Trinajstić information content (AvgIpc) is 2.75. The van der Waals surface area contributed by atoms with Gasteiger partial charge in [0.2, 0.25) is 11.8 Å². The summed E-state index contributed by atoms with van der Waals surface area (Å²) in [5, 5.41) is 11.3. The molecule has 0 N–H and O–H groups in total. The minimum Gasteiger partial charge on any atom is -0.419 e. The van der Waals surface area contributed by atoms with Gasteiger partial charge in [0.1, 0.15) is 11.6 Å². The Bertz CT molecular complexity index is 1250. The van der Waals surface area contributed by atoms with Gasteiger partial charge in [0.15, 0.2) is 0 Å². The maximum absolute atomic E-state index is 9.71. The van der Waals surface area contributed by atoms with E-state index in [0.29, 0.717) is 37.8 Å². The van der Waals surface area contributed by atoms with Crippen molar-refractivity contribution < 1.29 is 4.74 Å². The molecular weight excluding hydrogens is 441 g/mol. The Labute approximate surface area is 188 Å². The van der Waals surface area contributed by atoms with Crippen molar-refractivity contribution in [3.05, 3.63) is 93.6 Å². The van der Waals surface area contributed by atoms with Crippen LogP contribution in [0.5, 0.6) is 11.8 Å². The van der Waals surface area contributed by atoms with Crippen LogP contribution >= 0.6 is 34.8 Å². The van der Waals surface area contributed by atoms with Crippen LogP contribution < -0.4 is 4.74 Å². The molecule has 4 nitrogen and oxygen atoms in total. The van der Waals surface area contributed by atoms with E-state index in [1.54, 1.807) is 60.8 Å². The first-order valence-electron chi connectivity index (χ1n) is 8.80. The lowest BCUT2D eigenvalue weighted by atomic mass is 9.97. The molecule has 0 fully saturated rings. The zero-order valence-corrected chi connectivity index (χ0v) is 17.6. The Kier molecular flexibility index (Phi) is 5.87. The molecule has 0 aliphatic carbocycles. The van der Waals surface area contributed by atoms with Crippen molar-refractivity contribution in [1.29, 1.82) is 5.26 Å². The van der Waals surface area contributed by atoms with E-state index >= 15 is 0 Å². The average molecular weight is 453 g/mol. The van der Waals surface area contributed by atoms with E-state index in [1.165, 1.54) is 0 Å². The lowest BCUT2D eigenvalue weighted by molar-refractivity contribution is 0.444. The number of ether oxygens (including phenoxy) is 1. The van der Waals surface area contributed by atoms with Crippen LogP contribution in [0.25, 0.3) is 22.4 Å². The van der Waals surface area contributed by atoms with Gasteiger partial charge in [-0.15, -0.1) is 0 Å². The predicted octanol–water partition coefficient (Wildman–Crippen LogP) is 7.43. The highest BCUT2D eigenvalue weighted by Crippen LogP contribution is 2.39. The van der Waals surface area contributed by atoms with Gasteiger partial charge in [0.25, 0.3) is 0 Å². The van der Waals surface area contributed by atoms with Crippen LogP contribution in [0, 0.1) is 11.3 Å². The second-order valence-electron chi connectivity index (χ2n) is 6.25. The van der Waals surface area contributed by atoms with Crippen LogP contribution in [0.1, 0.15) is 5.56 Å². The highest BCUT2D eigenvalue weighted by atomic mass is 35.5. The number of rotatable bonds is 4. The first kappa shape index (κ1) is 20.2. The molecule has 146 valence electrons. The van der Waals surface area contributed by atoms with Crippen molar-refractivity contribution in [2.75, 3.05) is 0 Å². The van der Waals surface area contributed by atoms with Crippen molar-refractivity contribution >= 4 is 34.8 Å². The number of aromatic nitrogens is 2. The maximum Gasteiger partial charge on any atom is 0.239 e.